The average molecular weight is 336 g/mol. The number of hydrogen-bond acceptors (Lipinski definition) is 4. The summed E-state index contributed by atoms with van der Waals surface area (Å²) in [6.07, 6.45) is 2.53. The van der Waals surface area contributed by atoms with Crippen molar-refractivity contribution in [2.45, 2.75) is 52.1 Å². The Bertz CT molecular complexity index is 579. The number of ether oxygens (including phenoxy) is 1. The number of carboxylic acid groups (broad SMARTS) is 2. The van der Waals surface area contributed by atoms with Crippen molar-refractivity contribution in [3.8, 4) is 0 Å². The van der Waals surface area contributed by atoms with E-state index >= 15 is 0 Å². The Morgan fingerprint density at radius 3 is 2.08 bits per heavy atom. The zero-order valence-electron chi connectivity index (χ0n) is 14.0. The van der Waals surface area contributed by atoms with Crippen molar-refractivity contribution in [3.63, 3.8) is 0 Å². The van der Waals surface area contributed by atoms with Gasteiger partial charge in [0.1, 0.15) is 0 Å². The predicted molar refractivity (Wildman–Crippen MR) is 88.2 cm³/mol. The summed E-state index contributed by atoms with van der Waals surface area (Å²) < 4.78 is 5.01. The van der Waals surface area contributed by atoms with E-state index in [0.717, 1.165) is 19.3 Å². The third-order valence-corrected chi connectivity index (χ3v) is 3.65. The van der Waals surface area contributed by atoms with E-state index in [9.17, 15) is 19.5 Å². The Labute approximate surface area is 141 Å². The summed E-state index contributed by atoms with van der Waals surface area (Å²) in [5, 5.41) is 18.3. The van der Waals surface area contributed by atoms with Crippen molar-refractivity contribution in [3.05, 3.63) is 35.4 Å². The zero-order chi connectivity index (χ0) is 18.1. The van der Waals surface area contributed by atoms with Crippen molar-refractivity contribution in [2.24, 2.45) is 5.92 Å². The molecule has 24 heavy (non-hydrogen) atoms. The maximum atomic E-state index is 12.1. The molecule has 1 aromatic carbocycles. The molecule has 0 aliphatic carbocycles. The van der Waals surface area contributed by atoms with Gasteiger partial charge in [-0.3, -0.25) is 0 Å². The van der Waals surface area contributed by atoms with Crippen LogP contribution in [0.5, 0.6) is 0 Å². The molecule has 1 atom stereocenters. The van der Waals surface area contributed by atoms with Gasteiger partial charge < -0.3 is 14.9 Å². The molecular weight excluding hydrogens is 312 g/mol. The van der Waals surface area contributed by atoms with Crippen LogP contribution in [0.25, 0.3) is 0 Å². The molecule has 132 valence electrons. The second-order valence-corrected chi connectivity index (χ2v) is 6.11. The Kier molecular flexibility index (Phi) is 7.95. The van der Waals surface area contributed by atoms with Gasteiger partial charge in [-0.2, -0.15) is 0 Å². The summed E-state index contributed by atoms with van der Waals surface area (Å²) in [5.41, 5.74) is -0.348. The standard InChI is InChI=1S/C18H24O6/c1-12(2)8-4-3-5-11-15(17(21)22)24-18(23)14-10-7-6-9-13(14)16(19)20/h6-7,9-10,12,15H,3-5,8,11H2,1-2H3,(H,19,20)(H,21,22). The lowest BCUT2D eigenvalue weighted by Gasteiger charge is -2.14. The number of aliphatic carboxylic acids is 1. The highest BCUT2D eigenvalue weighted by molar-refractivity contribution is 6.02. The van der Waals surface area contributed by atoms with Crippen LogP contribution in [-0.4, -0.2) is 34.2 Å². The van der Waals surface area contributed by atoms with Crippen LogP contribution in [0.2, 0.25) is 0 Å². The second kappa shape index (κ2) is 9.70. The molecule has 1 aromatic rings. The van der Waals surface area contributed by atoms with E-state index in [-0.39, 0.29) is 17.5 Å². The number of carbonyl (C=O) groups is 3. The maximum Gasteiger partial charge on any atom is 0.345 e. The number of aromatic carboxylic acids is 1. The van der Waals surface area contributed by atoms with Crippen molar-refractivity contribution >= 4 is 17.9 Å². The summed E-state index contributed by atoms with van der Waals surface area (Å²) >= 11 is 0. The molecule has 0 saturated heterocycles. The number of esters is 1. The molecule has 0 bridgehead atoms. The average Bonchev–Trinajstić information content (AvgIpc) is 2.52. The maximum absolute atomic E-state index is 12.1. The fourth-order valence-electron chi connectivity index (χ4n) is 2.33. The third-order valence-electron chi connectivity index (χ3n) is 3.65. The van der Waals surface area contributed by atoms with Crippen molar-refractivity contribution in [1.29, 1.82) is 0 Å². The quantitative estimate of drug-likeness (QED) is 0.500. The van der Waals surface area contributed by atoms with Crippen LogP contribution in [0.4, 0.5) is 0 Å². The molecule has 0 saturated carbocycles. The van der Waals surface area contributed by atoms with Crippen LogP contribution < -0.4 is 0 Å². The molecule has 0 aliphatic heterocycles. The number of unbranched alkanes of at least 4 members (excludes halogenated alkanes) is 2. The third kappa shape index (κ3) is 6.40. The van der Waals surface area contributed by atoms with Gasteiger partial charge >= 0.3 is 17.9 Å². The lowest BCUT2D eigenvalue weighted by atomic mass is 10.0. The molecular formula is C18H24O6. The fourth-order valence-corrected chi connectivity index (χ4v) is 2.33. The number of rotatable bonds is 10. The minimum Gasteiger partial charge on any atom is -0.479 e. The summed E-state index contributed by atoms with van der Waals surface area (Å²) in [6, 6.07) is 5.59. The lowest BCUT2D eigenvalue weighted by molar-refractivity contribution is -0.147. The first-order valence-electron chi connectivity index (χ1n) is 8.09. The Morgan fingerprint density at radius 2 is 1.54 bits per heavy atom. The largest absolute Gasteiger partial charge is 0.479 e. The van der Waals surface area contributed by atoms with Gasteiger partial charge in [0, 0.05) is 0 Å². The molecule has 0 radical (unpaired) electrons. The first-order valence-corrected chi connectivity index (χ1v) is 8.09. The van der Waals surface area contributed by atoms with E-state index in [1.807, 2.05) is 0 Å². The van der Waals surface area contributed by atoms with Crippen LogP contribution >= 0.6 is 0 Å². The van der Waals surface area contributed by atoms with Crippen molar-refractivity contribution < 1.29 is 29.3 Å². The van der Waals surface area contributed by atoms with E-state index < -0.39 is 24.0 Å². The zero-order valence-corrected chi connectivity index (χ0v) is 14.0. The lowest BCUT2D eigenvalue weighted by Crippen LogP contribution is -2.27. The van der Waals surface area contributed by atoms with Gasteiger partial charge in [-0.1, -0.05) is 45.2 Å². The Morgan fingerprint density at radius 1 is 0.958 bits per heavy atom. The highest BCUT2D eigenvalue weighted by atomic mass is 16.6. The topological polar surface area (TPSA) is 101 Å². The summed E-state index contributed by atoms with van der Waals surface area (Å²) in [6.45, 7) is 4.25. The van der Waals surface area contributed by atoms with Crippen LogP contribution in [0.3, 0.4) is 0 Å². The molecule has 0 spiro atoms. The van der Waals surface area contributed by atoms with Crippen LogP contribution in [0.1, 0.15) is 66.7 Å². The Hall–Kier alpha value is -2.37. The molecule has 0 aliphatic rings. The van der Waals surface area contributed by atoms with Gasteiger partial charge in [0.15, 0.2) is 6.10 Å². The normalized spacial score (nSPS) is 12.0. The fraction of sp³-hybridized carbons (Fsp3) is 0.500. The molecule has 0 aromatic heterocycles. The monoisotopic (exact) mass is 336 g/mol. The first kappa shape index (κ1) is 19.7. The molecule has 6 nitrogen and oxygen atoms in total. The van der Waals surface area contributed by atoms with Gasteiger partial charge in [0.05, 0.1) is 11.1 Å². The van der Waals surface area contributed by atoms with E-state index in [4.69, 9.17) is 9.84 Å². The van der Waals surface area contributed by atoms with E-state index in [1.54, 1.807) is 0 Å². The minimum atomic E-state index is -1.27. The number of hydrogen-bond donors (Lipinski definition) is 2. The molecule has 1 rings (SSSR count). The van der Waals surface area contributed by atoms with Gasteiger partial charge in [0.25, 0.3) is 0 Å². The van der Waals surface area contributed by atoms with Gasteiger partial charge in [0.2, 0.25) is 0 Å². The minimum absolute atomic E-state index is 0.143. The molecule has 2 N–H and O–H groups in total. The number of carboxylic acids is 2. The molecule has 1 unspecified atom stereocenters. The van der Waals surface area contributed by atoms with E-state index in [1.165, 1.54) is 24.3 Å². The summed E-state index contributed by atoms with van der Waals surface area (Å²) in [7, 11) is 0. The summed E-state index contributed by atoms with van der Waals surface area (Å²) in [5.74, 6) is -2.81. The molecule has 0 fully saturated rings. The first-order chi connectivity index (χ1) is 11.3. The number of carbonyl (C=O) groups excluding carboxylic acids is 1. The SMILES string of the molecule is CC(C)CCCCCC(OC(=O)c1ccccc1C(=O)O)C(=O)O. The second-order valence-electron chi connectivity index (χ2n) is 6.11. The Balaban J connectivity index is 2.64. The summed E-state index contributed by atoms with van der Waals surface area (Å²) in [4.78, 5) is 34.5. The van der Waals surface area contributed by atoms with Gasteiger partial charge in [-0.15, -0.1) is 0 Å². The van der Waals surface area contributed by atoms with E-state index in [0.29, 0.717) is 12.3 Å². The van der Waals surface area contributed by atoms with Crippen molar-refractivity contribution in [1.82, 2.24) is 0 Å². The van der Waals surface area contributed by atoms with Gasteiger partial charge in [-0.05, 0) is 30.9 Å². The molecule has 6 heteroatoms. The smallest absolute Gasteiger partial charge is 0.345 e. The van der Waals surface area contributed by atoms with Crippen LogP contribution in [-0.2, 0) is 9.53 Å². The highest BCUT2D eigenvalue weighted by Gasteiger charge is 2.25. The number of benzene rings is 1. The molecule has 0 amide bonds. The van der Waals surface area contributed by atoms with Crippen LogP contribution in [0.15, 0.2) is 24.3 Å². The van der Waals surface area contributed by atoms with Crippen molar-refractivity contribution in [2.75, 3.05) is 0 Å². The molecule has 0 heterocycles. The van der Waals surface area contributed by atoms with Gasteiger partial charge in [-0.25, -0.2) is 14.4 Å². The highest BCUT2D eigenvalue weighted by Crippen LogP contribution is 2.16. The van der Waals surface area contributed by atoms with Crippen LogP contribution in [0, 0.1) is 5.92 Å². The van der Waals surface area contributed by atoms with E-state index in [2.05, 4.69) is 13.8 Å². The predicted octanol–water partition coefficient (Wildman–Crippen LogP) is 3.60.